The molecule has 164 valence electrons. The minimum absolute atomic E-state index is 0.0174. The first-order chi connectivity index (χ1) is 14.9. The van der Waals surface area contributed by atoms with Gasteiger partial charge < -0.3 is 19.6 Å². The summed E-state index contributed by atoms with van der Waals surface area (Å²) in [7, 11) is 1.59. The zero-order valence-corrected chi connectivity index (χ0v) is 18.2. The second-order valence-electron chi connectivity index (χ2n) is 7.69. The van der Waals surface area contributed by atoms with Crippen molar-refractivity contribution in [3.05, 3.63) is 64.7 Å². The predicted molar refractivity (Wildman–Crippen MR) is 122 cm³/mol. The molecule has 0 saturated carbocycles. The Kier molecular flexibility index (Phi) is 7.31. The number of hydrogen-bond donors (Lipinski definition) is 2. The van der Waals surface area contributed by atoms with Crippen LogP contribution in [0.3, 0.4) is 0 Å². The molecule has 0 aliphatic heterocycles. The SMILES string of the molecule is COc1cccc(-c2cn3cc(/C=C/CCCO)cc3c(=O)n2CC(=O)NC(C)C)c1. The van der Waals surface area contributed by atoms with Crippen LogP contribution in [-0.2, 0) is 11.3 Å². The predicted octanol–water partition coefficient (Wildman–Crippen LogP) is 3.09. The van der Waals surface area contributed by atoms with Gasteiger partial charge in [-0.1, -0.05) is 24.3 Å². The monoisotopic (exact) mass is 423 g/mol. The van der Waals surface area contributed by atoms with E-state index in [0.29, 0.717) is 23.4 Å². The maximum Gasteiger partial charge on any atom is 0.275 e. The number of nitrogens with one attached hydrogen (secondary N) is 1. The quantitative estimate of drug-likeness (QED) is 0.518. The molecule has 2 N–H and O–H groups in total. The van der Waals surface area contributed by atoms with Crippen LogP contribution in [0.1, 0.15) is 32.3 Å². The van der Waals surface area contributed by atoms with Gasteiger partial charge in [0.15, 0.2) is 0 Å². The number of benzene rings is 1. The minimum atomic E-state index is -0.241. The number of amides is 1. The molecule has 0 radical (unpaired) electrons. The van der Waals surface area contributed by atoms with Gasteiger partial charge in [0.05, 0.1) is 12.8 Å². The van der Waals surface area contributed by atoms with Crippen LogP contribution >= 0.6 is 0 Å². The molecule has 0 unspecified atom stereocenters. The molecule has 0 saturated heterocycles. The van der Waals surface area contributed by atoms with E-state index in [0.717, 1.165) is 17.5 Å². The number of aliphatic hydroxyl groups is 1. The van der Waals surface area contributed by atoms with E-state index in [2.05, 4.69) is 5.32 Å². The number of nitrogens with zero attached hydrogens (tertiary/aromatic N) is 2. The lowest BCUT2D eigenvalue weighted by atomic mass is 10.1. The van der Waals surface area contributed by atoms with Crippen molar-refractivity contribution in [1.29, 1.82) is 0 Å². The van der Waals surface area contributed by atoms with Crippen molar-refractivity contribution in [2.45, 2.75) is 39.3 Å². The summed E-state index contributed by atoms with van der Waals surface area (Å²) in [5.41, 5.74) is 2.54. The number of carbonyl (C=O) groups is 1. The van der Waals surface area contributed by atoms with E-state index in [-0.39, 0.29) is 30.7 Å². The lowest BCUT2D eigenvalue weighted by molar-refractivity contribution is -0.122. The topological polar surface area (TPSA) is 85.0 Å². The molecule has 1 aromatic carbocycles. The van der Waals surface area contributed by atoms with Crippen LogP contribution in [0.5, 0.6) is 5.75 Å². The highest BCUT2D eigenvalue weighted by Crippen LogP contribution is 2.24. The van der Waals surface area contributed by atoms with Gasteiger partial charge in [-0.2, -0.15) is 0 Å². The Labute approximate surface area is 181 Å². The summed E-state index contributed by atoms with van der Waals surface area (Å²) in [4.78, 5) is 25.9. The number of methoxy groups -OCH3 is 1. The summed E-state index contributed by atoms with van der Waals surface area (Å²) < 4.78 is 8.63. The van der Waals surface area contributed by atoms with Crippen LogP contribution in [0.4, 0.5) is 0 Å². The van der Waals surface area contributed by atoms with E-state index in [1.807, 2.05) is 68.7 Å². The molecule has 0 aliphatic rings. The standard InChI is InChI=1S/C24H29N3O4/c1-17(2)25-23(29)16-27-22(19-9-7-10-20(13-19)31-3)15-26-14-18(8-5-4-6-11-28)12-21(26)24(27)30/h5,7-10,12-15,17,28H,4,6,11,16H2,1-3H3,(H,25,29)/b8-5+. The fourth-order valence-corrected chi connectivity index (χ4v) is 3.43. The van der Waals surface area contributed by atoms with Crippen molar-refractivity contribution in [2.24, 2.45) is 0 Å². The fraction of sp³-hybridized carbons (Fsp3) is 0.333. The van der Waals surface area contributed by atoms with Crippen molar-refractivity contribution >= 4 is 17.5 Å². The first-order valence-electron chi connectivity index (χ1n) is 10.4. The Hall–Kier alpha value is -3.32. The molecular formula is C24H29N3O4. The van der Waals surface area contributed by atoms with Gasteiger partial charge in [0.1, 0.15) is 17.8 Å². The molecule has 3 aromatic rings. The second kappa shape index (κ2) is 10.1. The van der Waals surface area contributed by atoms with Crippen molar-refractivity contribution in [3.63, 3.8) is 0 Å². The maximum absolute atomic E-state index is 13.4. The zero-order valence-electron chi connectivity index (χ0n) is 18.2. The number of hydrogen-bond acceptors (Lipinski definition) is 4. The Balaban J connectivity index is 2.11. The minimum Gasteiger partial charge on any atom is -0.497 e. The van der Waals surface area contributed by atoms with Crippen molar-refractivity contribution < 1.29 is 14.6 Å². The van der Waals surface area contributed by atoms with Crippen molar-refractivity contribution in [1.82, 2.24) is 14.3 Å². The normalized spacial score (nSPS) is 11.5. The van der Waals surface area contributed by atoms with Crippen LogP contribution in [-0.4, -0.2) is 39.7 Å². The third-order valence-electron chi connectivity index (χ3n) is 4.84. The highest BCUT2D eigenvalue weighted by atomic mass is 16.5. The molecule has 7 nitrogen and oxygen atoms in total. The highest BCUT2D eigenvalue weighted by molar-refractivity contribution is 5.77. The van der Waals surface area contributed by atoms with Gasteiger partial charge in [-0.25, -0.2) is 0 Å². The average Bonchev–Trinajstić information content (AvgIpc) is 3.16. The van der Waals surface area contributed by atoms with Crippen LogP contribution in [0, 0.1) is 0 Å². The van der Waals surface area contributed by atoms with Crippen molar-refractivity contribution in [2.75, 3.05) is 13.7 Å². The summed E-state index contributed by atoms with van der Waals surface area (Å²) in [5.74, 6) is 0.449. The summed E-state index contributed by atoms with van der Waals surface area (Å²) in [6.45, 7) is 3.84. The Morgan fingerprint density at radius 2 is 2.06 bits per heavy atom. The molecule has 0 aliphatic carbocycles. The first kappa shape index (κ1) is 22.4. The molecule has 7 heteroatoms. The van der Waals surface area contributed by atoms with Crippen LogP contribution in [0.25, 0.3) is 22.9 Å². The Bertz CT molecular complexity index is 1140. The number of fused-ring (bicyclic) bond motifs is 1. The second-order valence-corrected chi connectivity index (χ2v) is 7.69. The van der Waals surface area contributed by atoms with Gasteiger partial charge >= 0.3 is 0 Å². The fourth-order valence-electron chi connectivity index (χ4n) is 3.43. The van der Waals surface area contributed by atoms with Gasteiger partial charge in [-0.15, -0.1) is 0 Å². The maximum atomic E-state index is 13.4. The van der Waals surface area contributed by atoms with E-state index in [1.165, 1.54) is 4.57 Å². The van der Waals surface area contributed by atoms with Crippen LogP contribution in [0.15, 0.2) is 53.6 Å². The lowest BCUT2D eigenvalue weighted by Crippen LogP contribution is -2.36. The van der Waals surface area contributed by atoms with Crippen LogP contribution < -0.4 is 15.6 Å². The largest absolute Gasteiger partial charge is 0.497 e. The lowest BCUT2D eigenvalue weighted by Gasteiger charge is -2.16. The van der Waals surface area contributed by atoms with Gasteiger partial charge in [0.25, 0.3) is 5.56 Å². The van der Waals surface area contributed by atoms with Crippen molar-refractivity contribution in [3.8, 4) is 17.0 Å². The summed E-state index contributed by atoms with van der Waals surface area (Å²) in [6, 6.07) is 9.21. The summed E-state index contributed by atoms with van der Waals surface area (Å²) in [6.07, 6.45) is 9.11. The molecule has 0 bridgehead atoms. The van der Waals surface area contributed by atoms with E-state index in [4.69, 9.17) is 9.84 Å². The number of rotatable bonds is 9. The molecular weight excluding hydrogens is 394 g/mol. The molecule has 2 aromatic heterocycles. The Morgan fingerprint density at radius 1 is 1.26 bits per heavy atom. The molecule has 0 spiro atoms. The molecule has 2 heterocycles. The zero-order chi connectivity index (χ0) is 22.4. The highest BCUT2D eigenvalue weighted by Gasteiger charge is 2.16. The molecule has 31 heavy (non-hydrogen) atoms. The molecule has 0 fully saturated rings. The number of unbranched alkanes of at least 4 members (excludes halogenated alkanes) is 1. The summed E-state index contributed by atoms with van der Waals surface area (Å²) >= 11 is 0. The van der Waals surface area contributed by atoms with E-state index in [1.54, 1.807) is 11.5 Å². The van der Waals surface area contributed by atoms with E-state index < -0.39 is 0 Å². The number of aromatic nitrogens is 2. The van der Waals surface area contributed by atoms with Crippen LogP contribution in [0.2, 0.25) is 0 Å². The summed E-state index contributed by atoms with van der Waals surface area (Å²) in [5, 5.41) is 11.8. The van der Waals surface area contributed by atoms with E-state index in [9.17, 15) is 9.59 Å². The smallest absolute Gasteiger partial charge is 0.275 e. The third-order valence-corrected chi connectivity index (χ3v) is 4.84. The van der Waals surface area contributed by atoms with Gasteiger partial charge in [-0.3, -0.25) is 14.2 Å². The average molecular weight is 424 g/mol. The molecule has 3 rings (SSSR count). The number of allylic oxidation sites excluding steroid dienone is 1. The Morgan fingerprint density at radius 3 is 2.77 bits per heavy atom. The van der Waals surface area contributed by atoms with E-state index >= 15 is 0 Å². The van der Waals surface area contributed by atoms with Gasteiger partial charge in [0.2, 0.25) is 5.91 Å². The molecule has 1 amide bonds. The molecule has 0 atom stereocenters. The van der Waals surface area contributed by atoms with Gasteiger partial charge in [0, 0.05) is 30.6 Å². The van der Waals surface area contributed by atoms with Gasteiger partial charge in [-0.05, 0) is 50.5 Å². The number of carbonyl (C=O) groups excluding carboxylic acids is 1. The number of ether oxygens (including phenoxy) is 1. The third kappa shape index (κ3) is 5.44. The first-order valence-corrected chi connectivity index (χ1v) is 10.4. The number of aliphatic hydroxyl groups excluding tert-OH is 1.